The fraction of sp³-hybridized carbons (Fsp3) is 0.429. The average Bonchev–Trinajstić information content (AvgIpc) is 3.18. The van der Waals surface area contributed by atoms with Crippen LogP contribution in [0.4, 0.5) is 5.13 Å². The third-order valence-electron chi connectivity index (χ3n) is 5.65. The molecule has 1 aliphatic rings. The van der Waals surface area contributed by atoms with Crippen LogP contribution in [0.25, 0.3) is 10.2 Å². The van der Waals surface area contributed by atoms with E-state index in [0.717, 1.165) is 23.7 Å². The number of aryl methyl sites for hydroxylation is 3. The summed E-state index contributed by atoms with van der Waals surface area (Å²) in [6, 6.07) is 4.25. The number of thiazole rings is 1. The van der Waals surface area contributed by atoms with Crippen molar-refractivity contribution in [2.45, 2.75) is 34.2 Å². The van der Waals surface area contributed by atoms with Gasteiger partial charge in [-0.3, -0.25) is 14.2 Å². The van der Waals surface area contributed by atoms with Crippen LogP contribution in [0.1, 0.15) is 22.4 Å². The van der Waals surface area contributed by atoms with E-state index in [-0.39, 0.29) is 18.0 Å². The molecular formula is C21H25N5O2S. The number of hydrogen-bond donors (Lipinski definition) is 0. The third kappa shape index (κ3) is 3.64. The lowest BCUT2D eigenvalue weighted by molar-refractivity contribution is -0.132. The topological polar surface area (TPSA) is 71.3 Å². The molecule has 0 aliphatic carbocycles. The van der Waals surface area contributed by atoms with E-state index >= 15 is 0 Å². The van der Waals surface area contributed by atoms with Crippen LogP contribution >= 0.6 is 11.3 Å². The van der Waals surface area contributed by atoms with Crippen molar-refractivity contribution < 1.29 is 4.79 Å². The number of fused-ring (bicyclic) bond motifs is 1. The summed E-state index contributed by atoms with van der Waals surface area (Å²) in [7, 11) is 0. The van der Waals surface area contributed by atoms with E-state index in [1.165, 1.54) is 26.7 Å². The zero-order chi connectivity index (χ0) is 20.7. The van der Waals surface area contributed by atoms with Crippen molar-refractivity contribution in [2.24, 2.45) is 0 Å². The van der Waals surface area contributed by atoms with Crippen LogP contribution in [0.5, 0.6) is 0 Å². The summed E-state index contributed by atoms with van der Waals surface area (Å²) in [6.45, 7) is 10.5. The summed E-state index contributed by atoms with van der Waals surface area (Å²) in [5.41, 5.74) is 4.65. The number of nitrogens with zero attached hydrogens (tertiary/aromatic N) is 5. The quantitative estimate of drug-likeness (QED) is 0.662. The van der Waals surface area contributed by atoms with Gasteiger partial charge >= 0.3 is 0 Å². The number of aromatic nitrogens is 3. The van der Waals surface area contributed by atoms with E-state index in [2.05, 4.69) is 35.9 Å². The van der Waals surface area contributed by atoms with Crippen molar-refractivity contribution in [1.82, 2.24) is 19.4 Å². The van der Waals surface area contributed by atoms with E-state index in [1.54, 1.807) is 25.2 Å². The SMILES string of the molecule is Cc1ncn(CC(=O)N2CCN(c3nc4c(C)ccc(C)c4s3)CC2)c(=O)c1C. The Morgan fingerprint density at radius 2 is 1.76 bits per heavy atom. The summed E-state index contributed by atoms with van der Waals surface area (Å²) in [5, 5.41) is 1.01. The van der Waals surface area contributed by atoms with Crippen LogP contribution in [-0.2, 0) is 11.3 Å². The van der Waals surface area contributed by atoms with Gasteiger partial charge in [0.05, 0.1) is 16.5 Å². The summed E-state index contributed by atoms with van der Waals surface area (Å²) < 4.78 is 2.64. The fourth-order valence-electron chi connectivity index (χ4n) is 3.56. The highest BCUT2D eigenvalue weighted by Gasteiger charge is 2.24. The number of piperazine rings is 1. The number of rotatable bonds is 3. The van der Waals surface area contributed by atoms with Crippen molar-refractivity contribution in [3.8, 4) is 0 Å². The molecule has 7 nitrogen and oxygen atoms in total. The Kier molecular flexibility index (Phi) is 5.12. The van der Waals surface area contributed by atoms with Gasteiger partial charge in [-0.15, -0.1) is 0 Å². The second kappa shape index (κ2) is 7.59. The van der Waals surface area contributed by atoms with Gasteiger partial charge in [0.2, 0.25) is 5.91 Å². The maximum atomic E-state index is 12.7. The van der Waals surface area contributed by atoms with E-state index in [0.29, 0.717) is 24.3 Å². The molecule has 0 N–H and O–H groups in total. The molecule has 0 bridgehead atoms. The first-order valence-corrected chi connectivity index (χ1v) is 10.6. The van der Waals surface area contributed by atoms with Crippen molar-refractivity contribution in [3.63, 3.8) is 0 Å². The van der Waals surface area contributed by atoms with Crippen molar-refractivity contribution >= 4 is 32.6 Å². The molecule has 0 saturated carbocycles. The molecule has 1 fully saturated rings. The average molecular weight is 412 g/mol. The molecule has 3 aromatic rings. The molecule has 0 atom stereocenters. The van der Waals surface area contributed by atoms with Gasteiger partial charge in [0, 0.05) is 37.4 Å². The highest BCUT2D eigenvalue weighted by atomic mass is 32.1. The lowest BCUT2D eigenvalue weighted by atomic mass is 10.1. The molecule has 0 radical (unpaired) electrons. The highest BCUT2D eigenvalue weighted by Crippen LogP contribution is 2.33. The minimum Gasteiger partial charge on any atom is -0.345 e. The van der Waals surface area contributed by atoms with Gasteiger partial charge in [0.15, 0.2) is 5.13 Å². The van der Waals surface area contributed by atoms with E-state index in [4.69, 9.17) is 4.98 Å². The van der Waals surface area contributed by atoms with E-state index < -0.39 is 0 Å². The summed E-state index contributed by atoms with van der Waals surface area (Å²) in [6.07, 6.45) is 1.46. The molecule has 8 heteroatoms. The van der Waals surface area contributed by atoms with E-state index in [9.17, 15) is 9.59 Å². The molecule has 1 aromatic carbocycles. The molecule has 4 rings (SSSR count). The van der Waals surface area contributed by atoms with Crippen LogP contribution in [0.3, 0.4) is 0 Å². The van der Waals surface area contributed by atoms with Crippen molar-refractivity contribution in [1.29, 1.82) is 0 Å². The summed E-state index contributed by atoms with van der Waals surface area (Å²) in [5.74, 6) is -0.0483. The second-order valence-corrected chi connectivity index (χ2v) is 8.61. The number of hydrogen-bond acceptors (Lipinski definition) is 6. The Bertz CT molecular complexity index is 1100. The Morgan fingerprint density at radius 1 is 1.07 bits per heavy atom. The zero-order valence-corrected chi connectivity index (χ0v) is 18.0. The van der Waals surface area contributed by atoms with Crippen LogP contribution in [0.2, 0.25) is 0 Å². The van der Waals surface area contributed by atoms with Gasteiger partial charge < -0.3 is 9.80 Å². The third-order valence-corrected chi connectivity index (χ3v) is 6.91. The highest BCUT2D eigenvalue weighted by molar-refractivity contribution is 7.22. The van der Waals surface area contributed by atoms with Gasteiger partial charge in [-0.05, 0) is 38.8 Å². The molecule has 29 heavy (non-hydrogen) atoms. The predicted octanol–water partition coefficient (Wildman–Crippen LogP) is 2.44. The van der Waals surface area contributed by atoms with Crippen molar-refractivity contribution in [3.05, 3.63) is 51.2 Å². The molecule has 1 amide bonds. The monoisotopic (exact) mass is 411 g/mol. The fourth-order valence-corrected chi connectivity index (χ4v) is 4.73. The van der Waals surface area contributed by atoms with Crippen LogP contribution in [-0.4, -0.2) is 51.5 Å². The predicted molar refractivity (Wildman–Crippen MR) is 116 cm³/mol. The zero-order valence-electron chi connectivity index (χ0n) is 17.2. The largest absolute Gasteiger partial charge is 0.345 e. The molecular weight excluding hydrogens is 386 g/mol. The Hall–Kier alpha value is -2.74. The number of anilines is 1. The summed E-state index contributed by atoms with van der Waals surface area (Å²) >= 11 is 1.72. The minimum atomic E-state index is -0.148. The Morgan fingerprint density at radius 3 is 2.45 bits per heavy atom. The number of carbonyl (C=O) groups excluding carboxylic acids is 1. The maximum absolute atomic E-state index is 12.7. The molecule has 1 aliphatic heterocycles. The van der Waals surface area contributed by atoms with Gasteiger partial charge in [-0.2, -0.15) is 0 Å². The number of benzene rings is 1. The first-order valence-electron chi connectivity index (χ1n) is 9.77. The Labute approximate surface area is 173 Å². The van der Waals surface area contributed by atoms with Crippen LogP contribution in [0, 0.1) is 27.7 Å². The normalized spacial score (nSPS) is 14.6. The maximum Gasteiger partial charge on any atom is 0.256 e. The standard InChI is InChI=1S/C21H25N5O2S/c1-13-5-6-14(2)19-18(13)23-21(29-19)25-9-7-24(8-10-25)17(27)11-26-12-22-16(4)15(3)20(26)28/h5-6,12H,7-11H2,1-4H3. The number of amides is 1. The molecule has 3 heterocycles. The summed E-state index contributed by atoms with van der Waals surface area (Å²) in [4.78, 5) is 38.1. The number of carbonyl (C=O) groups is 1. The second-order valence-electron chi connectivity index (χ2n) is 7.63. The van der Waals surface area contributed by atoms with Gasteiger partial charge in [0.1, 0.15) is 6.54 Å². The van der Waals surface area contributed by atoms with Crippen molar-refractivity contribution in [2.75, 3.05) is 31.1 Å². The lowest BCUT2D eigenvalue weighted by Gasteiger charge is -2.34. The van der Waals surface area contributed by atoms with Crippen LogP contribution < -0.4 is 10.5 Å². The first kappa shape index (κ1) is 19.6. The first-order chi connectivity index (χ1) is 13.8. The Balaban J connectivity index is 1.44. The van der Waals surface area contributed by atoms with Gasteiger partial charge in [-0.25, -0.2) is 9.97 Å². The van der Waals surface area contributed by atoms with Crippen LogP contribution in [0.15, 0.2) is 23.3 Å². The van der Waals surface area contributed by atoms with E-state index in [1.807, 2.05) is 4.90 Å². The lowest BCUT2D eigenvalue weighted by Crippen LogP contribution is -2.50. The molecule has 2 aromatic heterocycles. The van der Waals surface area contributed by atoms with Gasteiger partial charge in [-0.1, -0.05) is 23.5 Å². The minimum absolute atomic E-state index is 0.0342. The molecule has 1 saturated heterocycles. The molecule has 152 valence electrons. The smallest absolute Gasteiger partial charge is 0.256 e. The molecule has 0 unspecified atom stereocenters. The molecule has 0 spiro atoms. The van der Waals surface area contributed by atoms with Gasteiger partial charge in [0.25, 0.3) is 5.56 Å².